The molecular formula is C25H27ClFN3O4. The third-order valence-electron chi connectivity index (χ3n) is 5.83. The summed E-state index contributed by atoms with van der Waals surface area (Å²) in [6.45, 7) is 2.26. The molecule has 2 saturated heterocycles. The topological polar surface area (TPSA) is 90.1 Å². The van der Waals surface area contributed by atoms with Crippen LogP contribution in [-0.2, 0) is 0 Å². The first kappa shape index (κ1) is 25.6. The largest absolute Gasteiger partial charge is 0.390 e. The summed E-state index contributed by atoms with van der Waals surface area (Å²) in [5.41, 5.74) is 2.61. The highest BCUT2D eigenvalue weighted by Gasteiger charge is 2.32. The number of nitrogens with zero attached hydrogens (tertiary/aromatic N) is 3. The van der Waals surface area contributed by atoms with Gasteiger partial charge in [0.15, 0.2) is 5.82 Å². The Balaban J connectivity index is 0.000000188. The van der Waals surface area contributed by atoms with E-state index in [1.54, 1.807) is 4.90 Å². The van der Waals surface area contributed by atoms with Crippen LogP contribution >= 0.6 is 12.4 Å². The molecule has 3 aromatic rings. The Kier molecular flexibility index (Phi) is 8.57. The van der Waals surface area contributed by atoms with Crippen LogP contribution in [0.5, 0.6) is 0 Å². The number of hydrogen-bond acceptors (Lipinski definition) is 6. The lowest BCUT2D eigenvalue weighted by atomic mass is 9.94. The van der Waals surface area contributed by atoms with Crippen molar-refractivity contribution in [2.24, 2.45) is 0 Å². The number of benzene rings is 3. The molecule has 5 rings (SSSR count). The second-order valence-corrected chi connectivity index (χ2v) is 8.28. The van der Waals surface area contributed by atoms with Crippen molar-refractivity contribution in [3.63, 3.8) is 0 Å². The number of nitro groups is 1. The summed E-state index contributed by atoms with van der Waals surface area (Å²) in [7, 11) is 0. The van der Waals surface area contributed by atoms with Gasteiger partial charge in [-0.15, -0.1) is 12.4 Å². The second kappa shape index (κ2) is 11.4. The van der Waals surface area contributed by atoms with Gasteiger partial charge in [0, 0.05) is 32.2 Å². The van der Waals surface area contributed by atoms with Gasteiger partial charge in [-0.1, -0.05) is 60.7 Å². The summed E-state index contributed by atoms with van der Waals surface area (Å²) in [4.78, 5) is 13.7. The number of aliphatic hydroxyl groups is 2. The third kappa shape index (κ3) is 5.90. The normalized spacial score (nSPS) is 16.1. The van der Waals surface area contributed by atoms with Gasteiger partial charge in [0.2, 0.25) is 0 Å². The Hall–Kier alpha value is -3.04. The molecule has 34 heavy (non-hydrogen) atoms. The minimum absolute atomic E-state index is 0. The van der Waals surface area contributed by atoms with Crippen LogP contribution in [0, 0.1) is 15.9 Å². The Morgan fingerprint density at radius 1 is 0.853 bits per heavy atom. The standard InChI is InChI=1S/C16H17NO.C9H9FN2O3.ClH/c18-15-11-17(12-15)16(13-7-3-1-4-8-13)14-9-5-2-6-10-14;10-8-3-6(12(14)15)1-2-9(8)11-4-7(13)5-11;/h1-10,15-16,18H,11-12H2;1-3,7,13H,4-5H2;1H. The molecule has 0 saturated carbocycles. The van der Waals surface area contributed by atoms with Gasteiger partial charge in [0.1, 0.15) is 0 Å². The maximum atomic E-state index is 13.4. The average molecular weight is 488 g/mol. The first-order chi connectivity index (χ1) is 15.9. The van der Waals surface area contributed by atoms with Crippen LogP contribution in [0.1, 0.15) is 17.2 Å². The minimum Gasteiger partial charge on any atom is -0.390 e. The van der Waals surface area contributed by atoms with Crippen molar-refractivity contribution in [2.75, 3.05) is 31.1 Å². The third-order valence-corrected chi connectivity index (χ3v) is 5.83. The molecule has 180 valence electrons. The Morgan fingerprint density at radius 2 is 1.35 bits per heavy atom. The van der Waals surface area contributed by atoms with Gasteiger partial charge >= 0.3 is 0 Å². The van der Waals surface area contributed by atoms with Crippen LogP contribution in [0.25, 0.3) is 0 Å². The molecule has 0 atom stereocenters. The Morgan fingerprint density at radius 3 is 1.76 bits per heavy atom. The highest BCUT2D eigenvalue weighted by atomic mass is 35.5. The van der Waals surface area contributed by atoms with Crippen LogP contribution in [-0.4, -0.2) is 58.4 Å². The summed E-state index contributed by atoms with van der Waals surface area (Å²) in [6, 6.07) is 24.7. The molecule has 3 aromatic carbocycles. The van der Waals surface area contributed by atoms with E-state index < -0.39 is 16.8 Å². The van der Waals surface area contributed by atoms with Gasteiger partial charge < -0.3 is 15.1 Å². The fourth-order valence-electron chi connectivity index (χ4n) is 4.10. The molecule has 9 heteroatoms. The summed E-state index contributed by atoms with van der Waals surface area (Å²) >= 11 is 0. The van der Waals surface area contributed by atoms with Gasteiger partial charge in [-0.2, -0.15) is 0 Å². The first-order valence-corrected chi connectivity index (χ1v) is 10.8. The van der Waals surface area contributed by atoms with Crippen molar-refractivity contribution in [2.45, 2.75) is 18.2 Å². The van der Waals surface area contributed by atoms with Crippen molar-refractivity contribution in [3.05, 3.63) is 106 Å². The number of rotatable bonds is 5. The SMILES string of the molecule is Cl.O=[N+]([O-])c1ccc(N2CC(O)C2)c(F)c1.OC1CN(C(c2ccccc2)c2ccccc2)C1. The van der Waals surface area contributed by atoms with Crippen molar-refractivity contribution in [3.8, 4) is 0 Å². The van der Waals surface area contributed by atoms with E-state index in [0.717, 1.165) is 19.2 Å². The van der Waals surface area contributed by atoms with Crippen LogP contribution < -0.4 is 4.90 Å². The maximum Gasteiger partial charge on any atom is 0.272 e. The predicted octanol–water partition coefficient (Wildman–Crippen LogP) is 3.79. The van der Waals surface area contributed by atoms with Crippen molar-refractivity contribution in [1.29, 1.82) is 0 Å². The molecular weight excluding hydrogens is 461 g/mol. The van der Waals surface area contributed by atoms with E-state index in [0.29, 0.717) is 18.8 Å². The summed E-state index contributed by atoms with van der Waals surface area (Å²) < 4.78 is 13.4. The molecule has 0 amide bonds. The maximum absolute atomic E-state index is 13.4. The fourth-order valence-corrected chi connectivity index (χ4v) is 4.10. The summed E-state index contributed by atoms with van der Waals surface area (Å²) in [5, 5.41) is 28.9. The molecule has 0 bridgehead atoms. The zero-order valence-electron chi connectivity index (χ0n) is 18.4. The molecule has 0 aromatic heterocycles. The monoisotopic (exact) mass is 487 g/mol. The molecule has 0 aliphatic carbocycles. The minimum atomic E-state index is -0.641. The smallest absolute Gasteiger partial charge is 0.272 e. The Labute approximate surface area is 203 Å². The molecule has 2 N–H and O–H groups in total. The van der Waals surface area contributed by atoms with E-state index in [1.807, 2.05) is 12.1 Å². The number of anilines is 1. The zero-order valence-corrected chi connectivity index (χ0v) is 19.2. The van der Waals surface area contributed by atoms with E-state index in [4.69, 9.17) is 5.11 Å². The van der Waals surface area contributed by atoms with Gasteiger partial charge in [-0.25, -0.2) is 4.39 Å². The van der Waals surface area contributed by atoms with Crippen molar-refractivity contribution in [1.82, 2.24) is 4.90 Å². The molecule has 0 spiro atoms. The molecule has 7 nitrogen and oxygen atoms in total. The number of aliphatic hydroxyl groups excluding tert-OH is 2. The van der Waals surface area contributed by atoms with Crippen LogP contribution in [0.15, 0.2) is 78.9 Å². The van der Waals surface area contributed by atoms with Crippen molar-refractivity contribution < 1.29 is 19.5 Å². The molecule has 0 unspecified atom stereocenters. The zero-order chi connectivity index (χ0) is 23.4. The number of likely N-dealkylation sites (tertiary alicyclic amines) is 1. The number of non-ortho nitro benzene ring substituents is 1. The lowest BCUT2D eigenvalue weighted by Gasteiger charge is -2.42. The average Bonchev–Trinajstić information content (AvgIpc) is 2.78. The lowest BCUT2D eigenvalue weighted by molar-refractivity contribution is -0.385. The highest BCUT2D eigenvalue weighted by molar-refractivity contribution is 5.85. The predicted molar refractivity (Wildman–Crippen MR) is 131 cm³/mol. The van der Waals surface area contributed by atoms with Crippen molar-refractivity contribution >= 4 is 23.8 Å². The second-order valence-electron chi connectivity index (χ2n) is 8.28. The van der Waals surface area contributed by atoms with Gasteiger partial charge in [-0.05, 0) is 17.2 Å². The van der Waals surface area contributed by atoms with E-state index in [9.17, 15) is 19.6 Å². The lowest BCUT2D eigenvalue weighted by Crippen LogP contribution is -2.52. The van der Waals surface area contributed by atoms with E-state index in [2.05, 4.69) is 53.4 Å². The molecule has 0 radical (unpaired) electrons. The van der Waals surface area contributed by atoms with Gasteiger partial charge in [-0.3, -0.25) is 15.0 Å². The van der Waals surface area contributed by atoms with E-state index in [-0.39, 0.29) is 30.2 Å². The number of β-amino-alcohol motifs (C(OH)–C–C–N with tert-alkyl or cyclic N) is 2. The molecule has 2 aliphatic rings. The number of halogens is 2. The number of hydrogen-bond donors (Lipinski definition) is 2. The highest BCUT2D eigenvalue weighted by Crippen LogP contribution is 2.32. The van der Waals surface area contributed by atoms with E-state index in [1.165, 1.54) is 23.3 Å². The van der Waals surface area contributed by atoms with E-state index >= 15 is 0 Å². The number of nitro benzene ring substituents is 1. The van der Waals surface area contributed by atoms with Gasteiger partial charge in [0.05, 0.1) is 34.9 Å². The molecule has 2 aliphatic heterocycles. The quantitative estimate of drug-likeness (QED) is 0.420. The van der Waals surface area contributed by atoms with Crippen LogP contribution in [0.2, 0.25) is 0 Å². The first-order valence-electron chi connectivity index (χ1n) is 10.8. The van der Waals surface area contributed by atoms with Crippen LogP contribution in [0.3, 0.4) is 0 Å². The van der Waals surface area contributed by atoms with Gasteiger partial charge in [0.25, 0.3) is 5.69 Å². The molecule has 2 heterocycles. The Bertz CT molecular complexity index is 1040. The summed E-state index contributed by atoms with van der Waals surface area (Å²) in [6.07, 6.45) is -0.598. The van der Waals surface area contributed by atoms with Crippen LogP contribution in [0.4, 0.5) is 15.8 Å². The fraction of sp³-hybridized carbons (Fsp3) is 0.280. The molecule has 2 fully saturated rings. The summed E-state index contributed by atoms with van der Waals surface area (Å²) in [5.74, 6) is -0.629.